The number of rotatable bonds is 4. The lowest BCUT2D eigenvalue weighted by Crippen LogP contribution is -2.00. The Labute approximate surface area is 239 Å². The molecule has 4 aromatic rings. The van der Waals surface area contributed by atoms with Gasteiger partial charge >= 0.3 is 6.01 Å². The number of aromatic nitrogens is 9. The van der Waals surface area contributed by atoms with Crippen LogP contribution < -0.4 is 4.74 Å². The van der Waals surface area contributed by atoms with Crippen molar-refractivity contribution in [2.75, 3.05) is 0 Å². The maximum atomic E-state index is 13.1. The molecule has 0 aliphatic heterocycles. The van der Waals surface area contributed by atoms with E-state index in [0.717, 1.165) is 29.7 Å². The molecule has 0 radical (unpaired) electrons. The molecule has 2 aliphatic rings. The van der Waals surface area contributed by atoms with E-state index in [9.17, 15) is 8.78 Å². The van der Waals surface area contributed by atoms with Gasteiger partial charge in [0.15, 0.2) is 21.1 Å². The highest BCUT2D eigenvalue weighted by Gasteiger charge is 2.29. The lowest BCUT2D eigenvalue weighted by atomic mass is 10.3. The average molecular weight is 810 g/mol. The van der Waals surface area contributed by atoms with E-state index in [4.69, 9.17) is 4.74 Å². The molecule has 6 rings (SSSR count). The van der Waals surface area contributed by atoms with Crippen LogP contribution in [0, 0.1) is 11.6 Å². The average Bonchev–Trinajstić information content (AvgIpc) is 3.72. The van der Waals surface area contributed by atoms with Crippen LogP contribution in [-0.4, -0.2) is 44.7 Å². The highest BCUT2D eigenvalue weighted by Crippen LogP contribution is 2.38. The fourth-order valence-electron chi connectivity index (χ4n) is 2.61. The van der Waals surface area contributed by atoms with Crippen LogP contribution in [0.4, 0.5) is 8.78 Å². The van der Waals surface area contributed by atoms with Crippen molar-refractivity contribution < 1.29 is 13.5 Å². The summed E-state index contributed by atoms with van der Waals surface area (Å²) in [7, 11) is 0. The molecule has 0 atom stereocenters. The van der Waals surface area contributed by atoms with Crippen molar-refractivity contribution in [3.05, 3.63) is 53.5 Å². The Hall–Kier alpha value is -1.30. The minimum Gasteiger partial charge on any atom is -0.424 e. The van der Waals surface area contributed by atoms with Crippen molar-refractivity contribution in [2.24, 2.45) is 0 Å². The fourth-order valence-corrected chi connectivity index (χ4v) is 4.81. The van der Waals surface area contributed by atoms with Gasteiger partial charge < -0.3 is 4.74 Å². The van der Waals surface area contributed by atoms with E-state index in [1.165, 1.54) is 18.9 Å². The molecule has 0 bridgehead atoms. The summed E-state index contributed by atoms with van der Waals surface area (Å²) in [4.78, 5) is 11.9. The van der Waals surface area contributed by atoms with E-state index in [1.807, 2.05) is 4.68 Å². The van der Waals surface area contributed by atoms with Crippen LogP contribution in [0.25, 0.3) is 0 Å². The number of nitrogens with one attached hydrogen (secondary N) is 1. The molecule has 10 nitrogen and oxygen atoms in total. The van der Waals surface area contributed by atoms with Crippen LogP contribution >= 0.6 is 79.6 Å². The zero-order valence-corrected chi connectivity index (χ0v) is 25.3. The maximum Gasteiger partial charge on any atom is 0.321 e. The van der Waals surface area contributed by atoms with Crippen LogP contribution in [0.2, 0.25) is 0 Å². The molecule has 3 aromatic heterocycles. The van der Waals surface area contributed by atoms with E-state index >= 15 is 0 Å². The quantitative estimate of drug-likeness (QED) is 0.239. The third kappa shape index (κ3) is 7.84. The van der Waals surface area contributed by atoms with Gasteiger partial charge in [-0.2, -0.15) is 15.0 Å². The molecule has 186 valence electrons. The third-order valence-electron chi connectivity index (χ3n) is 4.45. The Morgan fingerprint density at radius 2 is 1.43 bits per heavy atom. The molecule has 1 aromatic carbocycles. The lowest BCUT2D eigenvalue weighted by Gasteiger charge is -2.06. The predicted molar refractivity (Wildman–Crippen MR) is 138 cm³/mol. The van der Waals surface area contributed by atoms with Gasteiger partial charge in [-0.3, -0.25) is 5.10 Å². The number of benzene rings is 1. The molecule has 3 heterocycles. The van der Waals surface area contributed by atoms with Crippen LogP contribution in [0.15, 0.2) is 41.9 Å². The van der Waals surface area contributed by atoms with Crippen LogP contribution in [0.3, 0.4) is 0 Å². The van der Waals surface area contributed by atoms with Gasteiger partial charge in [0.1, 0.15) is 5.75 Å². The van der Waals surface area contributed by atoms with Gasteiger partial charge in [-0.1, -0.05) is 0 Å². The number of halogens is 7. The number of hydrogen-bond acceptors (Lipinski definition) is 7. The smallest absolute Gasteiger partial charge is 0.321 e. The summed E-state index contributed by atoms with van der Waals surface area (Å²) in [6, 6.07) is 4.48. The molecule has 1 N–H and O–H groups in total. The van der Waals surface area contributed by atoms with E-state index in [0.29, 0.717) is 25.0 Å². The lowest BCUT2D eigenvalue weighted by molar-refractivity contribution is 0.393. The second-order valence-electron chi connectivity index (χ2n) is 7.24. The summed E-state index contributed by atoms with van der Waals surface area (Å²) in [5, 5.41) is 14.5. The van der Waals surface area contributed by atoms with Crippen LogP contribution in [0.1, 0.15) is 37.8 Å². The molecule has 2 aliphatic carbocycles. The molecule has 0 unspecified atom stereocenters. The van der Waals surface area contributed by atoms with E-state index in [2.05, 4.69) is 115 Å². The third-order valence-corrected chi connectivity index (χ3v) is 6.38. The summed E-state index contributed by atoms with van der Waals surface area (Å²) >= 11 is 15.8. The van der Waals surface area contributed by atoms with Gasteiger partial charge in [0.05, 0.1) is 12.1 Å². The molecule has 2 saturated carbocycles. The molecular weight excluding hydrogens is 796 g/mol. The second kappa shape index (κ2) is 11.8. The topological polar surface area (TPSA) is 112 Å². The SMILES string of the molecule is Brc1n[nH]c(Br)n1.Brc1nc(Br)n(C2CC2)n1.Fc1ccc(Oc2nc(Br)nn2C2CC2)cc1F. The number of H-pyrrole nitrogens is 1. The van der Waals surface area contributed by atoms with Crippen molar-refractivity contribution in [3.63, 3.8) is 0 Å². The van der Waals surface area contributed by atoms with Crippen molar-refractivity contribution >= 4 is 79.6 Å². The van der Waals surface area contributed by atoms with Gasteiger partial charge in [0.25, 0.3) is 0 Å². The maximum absolute atomic E-state index is 13.1. The first-order valence-electron chi connectivity index (χ1n) is 9.95. The predicted octanol–water partition coefficient (Wildman–Crippen LogP) is 6.91. The Balaban J connectivity index is 0.000000142. The van der Waals surface area contributed by atoms with Crippen molar-refractivity contribution in [1.82, 2.24) is 44.7 Å². The molecule has 0 saturated heterocycles. The van der Waals surface area contributed by atoms with Crippen LogP contribution in [0.5, 0.6) is 11.8 Å². The zero-order chi connectivity index (χ0) is 25.1. The Kier molecular flexibility index (Phi) is 9.04. The minimum absolute atomic E-state index is 0.190. The second-order valence-corrected chi connectivity index (χ2v) is 10.8. The van der Waals surface area contributed by atoms with E-state index in [-0.39, 0.29) is 17.8 Å². The zero-order valence-electron chi connectivity index (χ0n) is 17.3. The summed E-state index contributed by atoms with van der Waals surface area (Å²) in [5.74, 6) is -1.67. The number of nitrogens with zero attached hydrogens (tertiary/aromatic N) is 8. The molecule has 35 heavy (non-hydrogen) atoms. The first-order valence-corrected chi connectivity index (χ1v) is 13.9. The Bertz CT molecular complexity index is 1290. The van der Waals surface area contributed by atoms with Gasteiger partial charge in [0.2, 0.25) is 14.2 Å². The van der Waals surface area contributed by atoms with E-state index < -0.39 is 11.6 Å². The monoisotopic (exact) mass is 805 g/mol. The summed E-state index contributed by atoms with van der Waals surface area (Å²) in [6.45, 7) is 0. The number of hydrogen-bond donors (Lipinski definition) is 1. The highest BCUT2D eigenvalue weighted by atomic mass is 79.9. The molecular formula is C18H14Br5F2N9O. The molecule has 0 spiro atoms. The number of aromatic amines is 1. The summed E-state index contributed by atoms with van der Waals surface area (Å²) < 4.78 is 37.9. The molecule has 2 fully saturated rings. The fraction of sp³-hybridized carbons (Fsp3) is 0.333. The standard InChI is InChI=1S/C11H8BrF2N3O.C5H5Br2N3.C2HBr2N3/c12-10-15-11(17(16-10)6-1-2-6)18-7-3-4-8(13)9(14)5-7;6-4-8-5(7)10(9-4)3-1-2-3;3-1-5-2(4)7-6-1/h3-6H,1-2H2;3H,1-2H2;(H,5,6,7). The van der Waals surface area contributed by atoms with Gasteiger partial charge in [-0.05, 0) is 117 Å². The van der Waals surface area contributed by atoms with Gasteiger partial charge in [0, 0.05) is 6.07 Å². The normalized spacial score (nSPS) is 14.6. The first kappa shape index (κ1) is 26.8. The Morgan fingerprint density at radius 3 is 1.91 bits per heavy atom. The van der Waals surface area contributed by atoms with Crippen molar-refractivity contribution in [2.45, 2.75) is 37.8 Å². The Morgan fingerprint density at radius 1 is 0.800 bits per heavy atom. The molecule has 0 amide bonds. The number of ether oxygens (including phenoxy) is 1. The minimum atomic E-state index is -0.955. The summed E-state index contributed by atoms with van der Waals surface area (Å²) in [5.41, 5.74) is 0. The molecule has 17 heteroatoms. The first-order chi connectivity index (χ1) is 16.7. The van der Waals surface area contributed by atoms with Gasteiger partial charge in [-0.15, -0.1) is 15.3 Å². The largest absolute Gasteiger partial charge is 0.424 e. The van der Waals surface area contributed by atoms with Crippen molar-refractivity contribution in [1.29, 1.82) is 0 Å². The summed E-state index contributed by atoms with van der Waals surface area (Å²) in [6.07, 6.45) is 4.50. The van der Waals surface area contributed by atoms with Crippen molar-refractivity contribution in [3.8, 4) is 11.8 Å². The van der Waals surface area contributed by atoms with E-state index in [1.54, 1.807) is 4.68 Å². The van der Waals surface area contributed by atoms with Gasteiger partial charge in [-0.25, -0.2) is 18.1 Å². The van der Waals surface area contributed by atoms with Crippen LogP contribution in [-0.2, 0) is 0 Å². The highest BCUT2D eigenvalue weighted by molar-refractivity contribution is 9.11.